The summed E-state index contributed by atoms with van der Waals surface area (Å²) in [5.41, 5.74) is 1.74. The molecule has 6 nitrogen and oxygen atoms in total. The number of hydrogen-bond acceptors (Lipinski definition) is 6. The van der Waals surface area contributed by atoms with Crippen molar-refractivity contribution >= 4 is 29.1 Å². The van der Waals surface area contributed by atoms with E-state index in [0.29, 0.717) is 17.6 Å². The van der Waals surface area contributed by atoms with E-state index in [1.165, 1.54) is 7.11 Å². The highest BCUT2D eigenvalue weighted by Crippen LogP contribution is 2.46. The highest BCUT2D eigenvalue weighted by atomic mass is 32.2. The molecule has 148 valence electrons. The van der Waals surface area contributed by atoms with E-state index in [4.69, 9.17) is 4.74 Å². The highest BCUT2D eigenvalue weighted by Gasteiger charge is 2.35. The van der Waals surface area contributed by atoms with Crippen LogP contribution in [0.25, 0.3) is 0 Å². The Kier molecular flexibility index (Phi) is 6.63. The van der Waals surface area contributed by atoms with Gasteiger partial charge in [-0.2, -0.15) is 11.8 Å². The molecule has 1 aliphatic carbocycles. The second-order valence-electron chi connectivity index (χ2n) is 7.36. The summed E-state index contributed by atoms with van der Waals surface area (Å²) in [4.78, 5) is 25.6. The van der Waals surface area contributed by atoms with E-state index in [1.54, 1.807) is 6.07 Å². The molecule has 0 amide bonds. The first-order valence-electron chi connectivity index (χ1n) is 9.74. The van der Waals surface area contributed by atoms with Crippen LogP contribution in [0.3, 0.4) is 0 Å². The molecule has 1 unspecified atom stereocenters. The van der Waals surface area contributed by atoms with Crippen LogP contribution in [0, 0.1) is 16.0 Å². The van der Waals surface area contributed by atoms with Gasteiger partial charge in [0.1, 0.15) is 5.69 Å². The first-order valence-corrected chi connectivity index (χ1v) is 10.9. The normalized spacial score (nSPS) is 18.7. The number of anilines is 1. The number of nitro benzene ring substituents is 1. The second-order valence-corrected chi connectivity index (χ2v) is 8.58. The minimum absolute atomic E-state index is 0.00589. The van der Waals surface area contributed by atoms with Crippen molar-refractivity contribution in [2.45, 2.75) is 51.0 Å². The molecule has 0 N–H and O–H groups in total. The van der Waals surface area contributed by atoms with Crippen LogP contribution in [-0.2, 0) is 9.53 Å². The Labute approximate surface area is 164 Å². The van der Waals surface area contributed by atoms with Crippen molar-refractivity contribution in [1.82, 2.24) is 0 Å². The van der Waals surface area contributed by atoms with Gasteiger partial charge in [0, 0.05) is 18.7 Å². The molecular weight excluding hydrogens is 364 g/mol. The van der Waals surface area contributed by atoms with Gasteiger partial charge in [-0.05, 0) is 67.6 Å². The molecule has 1 aromatic carbocycles. The molecule has 0 bridgehead atoms. The molecular formula is C20H28N2O4S. The SMILES string of the molecule is CCN(c1ccc(C(CC(=O)OC)C2CC2)cc1[N+](=O)[O-])C1CCSCC1. The van der Waals surface area contributed by atoms with Gasteiger partial charge in [-0.25, -0.2) is 0 Å². The van der Waals surface area contributed by atoms with E-state index in [9.17, 15) is 14.9 Å². The summed E-state index contributed by atoms with van der Waals surface area (Å²) >= 11 is 1.95. The average molecular weight is 393 g/mol. The maximum absolute atomic E-state index is 11.8. The summed E-state index contributed by atoms with van der Waals surface area (Å²) in [6, 6.07) is 5.93. The molecule has 0 aromatic heterocycles. The van der Waals surface area contributed by atoms with E-state index in [2.05, 4.69) is 11.8 Å². The average Bonchev–Trinajstić information content (AvgIpc) is 3.52. The molecule has 1 heterocycles. The van der Waals surface area contributed by atoms with Crippen LogP contribution in [0.15, 0.2) is 18.2 Å². The summed E-state index contributed by atoms with van der Waals surface area (Å²) in [5, 5.41) is 11.8. The highest BCUT2D eigenvalue weighted by molar-refractivity contribution is 7.99. The quantitative estimate of drug-likeness (QED) is 0.371. The lowest BCUT2D eigenvalue weighted by molar-refractivity contribution is -0.384. The van der Waals surface area contributed by atoms with Gasteiger partial charge >= 0.3 is 5.97 Å². The zero-order valence-corrected chi connectivity index (χ0v) is 16.9. The number of rotatable bonds is 8. The topological polar surface area (TPSA) is 72.7 Å². The second kappa shape index (κ2) is 8.95. The number of benzene rings is 1. The minimum Gasteiger partial charge on any atom is -0.469 e. The predicted octanol–water partition coefficient (Wildman–Crippen LogP) is 4.37. The number of methoxy groups -OCH3 is 1. The van der Waals surface area contributed by atoms with Crippen molar-refractivity contribution in [3.8, 4) is 0 Å². The van der Waals surface area contributed by atoms with E-state index < -0.39 is 0 Å². The fraction of sp³-hybridized carbons (Fsp3) is 0.650. The third-order valence-corrected chi connectivity index (χ3v) is 6.76. The van der Waals surface area contributed by atoms with Gasteiger partial charge in [-0.3, -0.25) is 14.9 Å². The molecule has 1 saturated heterocycles. The van der Waals surface area contributed by atoms with Crippen molar-refractivity contribution in [2.24, 2.45) is 5.92 Å². The van der Waals surface area contributed by atoms with Crippen LogP contribution in [-0.4, -0.2) is 42.1 Å². The number of carbonyl (C=O) groups is 1. The Morgan fingerprint density at radius 1 is 1.33 bits per heavy atom. The van der Waals surface area contributed by atoms with Crippen molar-refractivity contribution in [2.75, 3.05) is 30.1 Å². The lowest BCUT2D eigenvalue weighted by atomic mass is 9.90. The van der Waals surface area contributed by atoms with Gasteiger partial charge < -0.3 is 9.64 Å². The monoisotopic (exact) mass is 392 g/mol. The molecule has 7 heteroatoms. The van der Waals surface area contributed by atoms with Crippen molar-refractivity contribution in [3.05, 3.63) is 33.9 Å². The van der Waals surface area contributed by atoms with Crippen LogP contribution < -0.4 is 4.90 Å². The number of carbonyl (C=O) groups excluding carboxylic acids is 1. The number of thioether (sulfide) groups is 1. The van der Waals surface area contributed by atoms with Crippen LogP contribution in [0.2, 0.25) is 0 Å². The Morgan fingerprint density at radius 2 is 2.04 bits per heavy atom. The molecule has 1 aliphatic heterocycles. The Hall–Kier alpha value is -1.76. The van der Waals surface area contributed by atoms with E-state index >= 15 is 0 Å². The standard InChI is InChI=1S/C20H28N2O4S/c1-3-21(16-8-10-27-11-9-16)18-7-6-15(12-19(18)22(24)25)17(14-4-5-14)13-20(23)26-2/h6-7,12,14,16-17H,3-5,8-11,13H2,1-2H3. The summed E-state index contributed by atoms with van der Waals surface area (Å²) in [5.74, 6) is 2.39. The third-order valence-electron chi connectivity index (χ3n) is 5.71. The molecule has 1 atom stereocenters. The van der Waals surface area contributed by atoms with E-state index in [-0.39, 0.29) is 28.9 Å². The lowest BCUT2D eigenvalue weighted by Crippen LogP contribution is -2.38. The van der Waals surface area contributed by atoms with Gasteiger partial charge in [0.2, 0.25) is 0 Å². The van der Waals surface area contributed by atoms with Gasteiger partial charge in [-0.1, -0.05) is 6.07 Å². The van der Waals surface area contributed by atoms with E-state index in [0.717, 1.165) is 49.3 Å². The predicted molar refractivity (Wildman–Crippen MR) is 109 cm³/mol. The fourth-order valence-corrected chi connectivity index (χ4v) is 5.18. The fourth-order valence-electron chi connectivity index (χ4n) is 4.10. The van der Waals surface area contributed by atoms with Crippen LogP contribution >= 0.6 is 11.8 Å². The summed E-state index contributed by atoms with van der Waals surface area (Å²) in [6.07, 6.45) is 4.54. The van der Waals surface area contributed by atoms with Crippen molar-refractivity contribution < 1.29 is 14.5 Å². The first kappa shape index (κ1) is 20.0. The first-order chi connectivity index (χ1) is 13.0. The Morgan fingerprint density at radius 3 is 2.59 bits per heavy atom. The zero-order valence-electron chi connectivity index (χ0n) is 16.1. The summed E-state index contributed by atoms with van der Waals surface area (Å²) in [7, 11) is 1.39. The van der Waals surface area contributed by atoms with Gasteiger partial charge in [0.05, 0.1) is 18.5 Å². The van der Waals surface area contributed by atoms with Gasteiger partial charge in [0.25, 0.3) is 5.69 Å². The third kappa shape index (κ3) is 4.75. The summed E-state index contributed by atoms with van der Waals surface area (Å²) in [6.45, 7) is 2.81. The van der Waals surface area contributed by atoms with Crippen LogP contribution in [0.5, 0.6) is 0 Å². The maximum Gasteiger partial charge on any atom is 0.306 e. The van der Waals surface area contributed by atoms with Crippen molar-refractivity contribution in [1.29, 1.82) is 0 Å². The molecule has 0 radical (unpaired) electrons. The largest absolute Gasteiger partial charge is 0.469 e. The van der Waals surface area contributed by atoms with Crippen LogP contribution in [0.1, 0.15) is 50.5 Å². The molecule has 1 aromatic rings. The lowest BCUT2D eigenvalue weighted by Gasteiger charge is -2.35. The van der Waals surface area contributed by atoms with Gasteiger partial charge in [0.15, 0.2) is 0 Å². The Balaban J connectivity index is 1.91. The summed E-state index contributed by atoms with van der Waals surface area (Å²) < 4.78 is 4.83. The molecule has 1 saturated carbocycles. The maximum atomic E-state index is 11.8. The molecule has 3 rings (SSSR count). The van der Waals surface area contributed by atoms with Crippen LogP contribution in [0.4, 0.5) is 11.4 Å². The molecule has 2 aliphatic rings. The number of esters is 1. The number of nitro groups is 1. The number of ether oxygens (including phenoxy) is 1. The number of hydrogen-bond donors (Lipinski definition) is 0. The van der Waals surface area contributed by atoms with Gasteiger partial charge in [-0.15, -0.1) is 0 Å². The smallest absolute Gasteiger partial charge is 0.306 e. The zero-order chi connectivity index (χ0) is 19.4. The van der Waals surface area contributed by atoms with Crippen molar-refractivity contribution in [3.63, 3.8) is 0 Å². The minimum atomic E-state index is -0.277. The molecule has 2 fully saturated rings. The molecule has 0 spiro atoms. The molecule has 27 heavy (non-hydrogen) atoms. The number of nitrogens with zero attached hydrogens (tertiary/aromatic N) is 2. The Bertz CT molecular complexity index is 687. The van der Waals surface area contributed by atoms with E-state index in [1.807, 2.05) is 23.9 Å².